The van der Waals surface area contributed by atoms with Gasteiger partial charge >= 0.3 is 5.97 Å². The van der Waals surface area contributed by atoms with E-state index in [1.54, 1.807) is 56.3 Å². The van der Waals surface area contributed by atoms with Crippen molar-refractivity contribution in [2.45, 2.75) is 20.0 Å². The second kappa shape index (κ2) is 8.01. The van der Waals surface area contributed by atoms with Crippen LogP contribution in [0.15, 0.2) is 55.1 Å². The zero-order valence-corrected chi connectivity index (χ0v) is 15.5. The minimum absolute atomic E-state index is 0.199. The van der Waals surface area contributed by atoms with Crippen LogP contribution in [-0.2, 0) is 4.74 Å². The highest BCUT2D eigenvalue weighted by molar-refractivity contribution is 6.33. The van der Waals surface area contributed by atoms with Crippen LogP contribution in [-0.4, -0.2) is 32.7 Å². The smallest absolute Gasteiger partial charge is 0.338 e. The van der Waals surface area contributed by atoms with Gasteiger partial charge < -0.3 is 10.1 Å². The number of para-hydroxylation sites is 1. The number of esters is 1. The minimum atomic E-state index is -0.411. The van der Waals surface area contributed by atoms with Crippen molar-refractivity contribution >= 4 is 29.2 Å². The number of nitrogens with one attached hydrogen (secondary N) is 1. The van der Waals surface area contributed by atoms with Gasteiger partial charge in [0.2, 0.25) is 0 Å². The monoisotopic (exact) mass is 384 g/mol. The molecule has 0 fully saturated rings. The van der Waals surface area contributed by atoms with Crippen LogP contribution in [0.5, 0.6) is 0 Å². The van der Waals surface area contributed by atoms with Crippen LogP contribution >= 0.6 is 11.6 Å². The lowest BCUT2D eigenvalue weighted by atomic mass is 10.1. The average molecular weight is 385 g/mol. The van der Waals surface area contributed by atoms with Crippen molar-refractivity contribution in [2.24, 2.45) is 0 Å². The fraction of sp³-hybridized carbons (Fsp3) is 0.158. The van der Waals surface area contributed by atoms with Crippen molar-refractivity contribution in [1.29, 1.82) is 0 Å². The van der Waals surface area contributed by atoms with Gasteiger partial charge in [-0.05, 0) is 50.2 Å². The Morgan fingerprint density at radius 1 is 1.15 bits per heavy atom. The summed E-state index contributed by atoms with van der Waals surface area (Å²) in [6.45, 7) is 3.56. The number of rotatable bonds is 5. The van der Waals surface area contributed by atoms with Crippen molar-refractivity contribution in [1.82, 2.24) is 14.8 Å². The van der Waals surface area contributed by atoms with Gasteiger partial charge in [0.15, 0.2) is 0 Å². The molecule has 2 aromatic carbocycles. The number of halogens is 1. The van der Waals surface area contributed by atoms with Gasteiger partial charge in [-0.2, -0.15) is 5.10 Å². The van der Waals surface area contributed by atoms with Crippen LogP contribution in [0, 0.1) is 0 Å². The standard InChI is InChI=1S/C19H17ClN4O3/c1-12(2)27-19(26)13-6-8-14(9-7-13)23-18(25)15-4-3-5-16(20)17(15)24-11-21-10-22-24/h3-12H,1-2H3,(H,23,25). The Balaban J connectivity index is 1.81. The molecule has 0 aliphatic heterocycles. The maximum atomic E-state index is 12.7. The molecular weight excluding hydrogens is 368 g/mol. The number of ether oxygens (including phenoxy) is 1. The van der Waals surface area contributed by atoms with Gasteiger partial charge in [-0.15, -0.1) is 0 Å². The molecule has 1 amide bonds. The van der Waals surface area contributed by atoms with Gasteiger partial charge in [0.25, 0.3) is 5.91 Å². The van der Waals surface area contributed by atoms with Gasteiger partial charge in [-0.1, -0.05) is 17.7 Å². The summed E-state index contributed by atoms with van der Waals surface area (Å²) in [4.78, 5) is 28.5. The first-order valence-corrected chi connectivity index (χ1v) is 8.59. The maximum absolute atomic E-state index is 12.7. The van der Waals surface area contributed by atoms with Crippen LogP contribution in [0.2, 0.25) is 5.02 Å². The molecule has 3 rings (SSSR count). The molecular formula is C19H17ClN4O3. The Labute approximate surface area is 160 Å². The summed E-state index contributed by atoms with van der Waals surface area (Å²) in [6.07, 6.45) is 2.63. The minimum Gasteiger partial charge on any atom is -0.459 e. The molecule has 0 radical (unpaired) electrons. The van der Waals surface area contributed by atoms with E-state index in [-0.39, 0.29) is 12.0 Å². The highest BCUT2D eigenvalue weighted by atomic mass is 35.5. The van der Waals surface area contributed by atoms with E-state index in [2.05, 4.69) is 15.4 Å². The van der Waals surface area contributed by atoms with Crippen LogP contribution < -0.4 is 5.32 Å². The fourth-order valence-corrected chi connectivity index (χ4v) is 2.69. The number of anilines is 1. The largest absolute Gasteiger partial charge is 0.459 e. The first-order valence-electron chi connectivity index (χ1n) is 8.21. The van der Waals surface area contributed by atoms with Crippen molar-refractivity contribution in [3.8, 4) is 5.69 Å². The van der Waals surface area contributed by atoms with Crippen LogP contribution in [0.1, 0.15) is 34.6 Å². The Bertz CT molecular complexity index is 954. The molecule has 0 unspecified atom stereocenters. The lowest BCUT2D eigenvalue weighted by molar-refractivity contribution is 0.0378. The molecule has 138 valence electrons. The van der Waals surface area contributed by atoms with Crippen LogP contribution in [0.25, 0.3) is 5.69 Å². The van der Waals surface area contributed by atoms with Crippen molar-refractivity contribution in [3.63, 3.8) is 0 Å². The Morgan fingerprint density at radius 3 is 2.52 bits per heavy atom. The highest BCUT2D eigenvalue weighted by Gasteiger charge is 2.17. The quantitative estimate of drug-likeness (QED) is 0.677. The Kier molecular flexibility index (Phi) is 5.52. The lowest BCUT2D eigenvalue weighted by Crippen LogP contribution is -2.16. The fourth-order valence-electron chi connectivity index (χ4n) is 2.43. The van der Waals surface area contributed by atoms with Crippen molar-refractivity contribution in [2.75, 3.05) is 5.32 Å². The SMILES string of the molecule is CC(C)OC(=O)c1ccc(NC(=O)c2cccc(Cl)c2-n2cncn2)cc1. The number of carbonyl (C=O) groups excluding carboxylic acids is 2. The Hall–Kier alpha value is -3.19. The number of hydrogen-bond donors (Lipinski definition) is 1. The van der Waals surface area contributed by atoms with E-state index in [0.29, 0.717) is 27.5 Å². The Morgan fingerprint density at radius 2 is 1.89 bits per heavy atom. The van der Waals surface area contributed by atoms with E-state index in [4.69, 9.17) is 16.3 Å². The van der Waals surface area contributed by atoms with Gasteiger partial charge in [-0.3, -0.25) is 4.79 Å². The summed E-state index contributed by atoms with van der Waals surface area (Å²) in [5.41, 5.74) is 1.72. The molecule has 0 aliphatic carbocycles. The molecule has 1 heterocycles. The van der Waals surface area contributed by atoms with Gasteiger partial charge in [-0.25, -0.2) is 14.5 Å². The molecule has 8 heteroatoms. The molecule has 27 heavy (non-hydrogen) atoms. The predicted octanol–water partition coefficient (Wildman–Crippen LogP) is 3.74. The number of benzene rings is 2. The summed E-state index contributed by atoms with van der Waals surface area (Å²) in [6, 6.07) is 11.5. The second-order valence-corrected chi connectivity index (χ2v) is 6.37. The van der Waals surface area contributed by atoms with E-state index in [1.165, 1.54) is 17.3 Å². The maximum Gasteiger partial charge on any atom is 0.338 e. The number of amides is 1. The van der Waals surface area contributed by atoms with Gasteiger partial charge in [0.1, 0.15) is 12.7 Å². The van der Waals surface area contributed by atoms with Crippen molar-refractivity contribution < 1.29 is 14.3 Å². The van der Waals surface area contributed by atoms with Gasteiger partial charge in [0, 0.05) is 5.69 Å². The summed E-state index contributed by atoms with van der Waals surface area (Å²) in [7, 11) is 0. The molecule has 0 bridgehead atoms. The van der Waals surface area contributed by atoms with E-state index < -0.39 is 5.97 Å². The third kappa shape index (κ3) is 4.32. The topological polar surface area (TPSA) is 86.1 Å². The first-order chi connectivity index (χ1) is 13.0. The predicted molar refractivity (Wildman–Crippen MR) is 101 cm³/mol. The van der Waals surface area contributed by atoms with E-state index in [1.807, 2.05) is 0 Å². The molecule has 7 nitrogen and oxygen atoms in total. The molecule has 3 aromatic rings. The highest BCUT2D eigenvalue weighted by Crippen LogP contribution is 2.24. The van der Waals surface area contributed by atoms with E-state index in [0.717, 1.165) is 0 Å². The van der Waals surface area contributed by atoms with E-state index in [9.17, 15) is 9.59 Å². The van der Waals surface area contributed by atoms with Crippen molar-refractivity contribution in [3.05, 3.63) is 71.3 Å². The van der Waals surface area contributed by atoms with Crippen LogP contribution in [0.4, 0.5) is 5.69 Å². The summed E-state index contributed by atoms with van der Waals surface area (Å²) in [5.74, 6) is -0.772. The zero-order valence-electron chi connectivity index (χ0n) is 14.7. The molecule has 1 aromatic heterocycles. The summed E-state index contributed by atoms with van der Waals surface area (Å²) < 4.78 is 6.57. The molecule has 0 spiro atoms. The molecule has 1 N–H and O–H groups in total. The van der Waals surface area contributed by atoms with E-state index >= 15 is 0 Å². The normalized spacial score (nSPS) is 10.7. The first kappa shape index (κ1) is 18.6. The number of nitrogens with zero attached hydrogens (tertiary/aromatic N) is 3. The summed E-state index contributed by atoms with van der Waals surface area (Å²) in [5, 5.41) is 7.20. The number of aromatic nitrogens is 3. The average Bonchev–Trinajstić information content (AvgIpc) is 3.15. The number of hydrogen-bond acceptors (Lipinski definition) is 5. The molecule has 0 saturated carbocycles. The lowest BCUT2D eigenvalue weighted by Gasteiger charge is -2.12. The molecule has 0 saturated heterocycles. The number of carbonyl (C=O) groups is 2. The second-order valence-electron chi connectivity index (χ2n) is 5.96. The third-order valence-electron chi connectivity index (χ3n) is 3.60. The van der Waals surface area contributed by atoms with Gasteiger partial charge in [0.05, 0.1) is 27.9 Å². The summed E-state index contributed by atoms with van der Waals surface area (Å²) >= 11 is 6.24. The zero-order chi connectivity index (χ0) is 19.4. The molecule has 0 aliphatic rings. The van der Waals surface area contributed by atoms with Crippen LogP contribution in [0.3, 0.4) is 0 Å². The third-order valence-corrected chi connectivity index (χ3v) is 3.91. The molecule has 0 atom stereocenters.